The first-order valence-corrected chi connectivity index (χ1v) is 9.14. The molecule has 0 saturated carbocycles. The second-order valence-corrected chi connectivity index (χ2v) is 6.77. The normalized spacial score (nSPS) is 15.5. The van der Waals surface area contributed by atoms with Gasteiger partial charge in [-0.2, -0.15) is 8.75 Å². The molecule has 0 atom stereocenters. The van der Waals surface area contributed by atoms with Crippen molar-refractivity contribution in [3.05, 3.63) is 53.6 Å². The Bertz CT molecular complexity index is 900. The fourth-order valence-electron chi connectivity index (χ4n) is 3.55. The smallest absolute Gasteiger partial charge is 0.256 e. The number of piperidine rings is 1. The molecule has 0 spiro atoms. The van der Waals surface area contributed by atoms with E-state index in [0.29, 0.717) is 17.0 Å². The Morgan fingerprint density at radius 2 is 1.92 bits per heavy atom. The summed E-state index contributed by atoms with van der Waals surface area (Å²) >= 11 is 1.15. The number of fused-ring (bicyclic) bond motifs is 1. The summed E-state index contributed by atoms with van der Waals surface area (Å²) in [5, 5.41) is 0. The Morgan fingerprint density at radius 1 is 1.12 bits per heavy atom. The number of nitrogens with zero attached hydrogens (tertiary/aromatic N) is 3. The van der Waals surface area contributed by atoms with E-state index in [1.165, 1.54) is 5.56 Å². The van der Waals surface area contributed by atoms with E-state index in [0.717, 1.165) is 48.9 Å². The largest absolute Gasteiger partial charge is 0.496 e. The van der Waals surface area contributed by atoms with E-state index in [2.05, 4.69) is 14.8 Å². The zero-order valence-corrected chi connectivity index (χ0v) is 14.8. The number of benzene rings is 2. The van der Waals surface area contributed by atoms with Gasteiger partial charge in [0.15, 0.2) is 0 Å². The molecule has 2 heterocycles. The van der Waals surface area contributed by atoms with Crippen LogP contribution in [0.5, 0.6) is 5.75 Å². The van der Waals surface area contributed by atoms with Crippen LogP contribution in [-0.4, -0.2) is 39.8 Å². The van der Waals surface area contributed by atoms with Crippen LogP contribution in [0, 0.1) is 0 Å². The van der Waals surface area contributed by atoms with E-state index in [1.54, 1.807) is 7.11 Å². The lowest BCUT2D eigenvalue weighted by Crippen LogP contribution is -2.38. The number of amides is 1. The second-order valence-electron chi connectivity index (χ2n) is 6.25. The summed E-state index contributed by atoms with van der Waals surface area (Å²) in [6, 6.07) is 13.8. The van der Waals surface area contributed by atoms with Crippen LogP contribution in [-0.2, 0) is 0 Å². The number of aromatic nitrogens is 2. The van der Waals surface area contributed by atoms with Crippen molar-refractivity contribution in [1.82, 2.24) is 13.6 Å². The van der Waals surface area contributed by atoms with Gasteiger partial charge in [-0.05, 0) is 42.5 Å². The molecule has 4 rings (SSSR count). The molecule has 1 saturated heterocycles. The van der Waals surface area contributed by atoms with E-state index in [4.69, 9.17) is 4.74 Å². The van der Waals surface area contributed by atoms with Crippen LogP contribution < -0.4 is 4.74 Å². The van der Waals surface area contributed by atoms with Gasteiger partial charge in [-0.3, -0.25) is 4.79 Å². The number of carbonyl (C=O) groups is 1. The van der Waals surface area contributed by atoms with E-state index in [-0.39, 0.29) is 5.91 Å². The SMILES string of the molecule is COc1ccccc1C1CCN(C(=O)c2cccc3nsnc23)CC1. The average Bonchev–Trinajstić information content (AvgIpc) is 3.16. The third-order valence-electron chi connectivity index (χ3n) is 4.88. The molecule has 0 bridgehead atoms. The summed E-state index contributed by atoms with van der Waals surface area (Å²) in [5.74, 6) is 1.42. The van der Waals surface area contributed by atoms with Crippen LogP contribution in [0.2, 0.25) is 0 Å². The first kappa shape index (κ1) is 16.0. The van der Waals surface area contributed by atoms with Gasteiger partial charge in [0.05, 0.1) is 24.4 Å². The highest BCUT2D eigenvalue weighted by Crippen LogP contribution is 2.34. The summed E-state index contributed by atoms with van der Waals surface area (Å²) in [7, 11) is 1.71. The van der Waals surface area contributed by atoms with Crippen LogP contribution >= 0.6 is 11.7 Å². The van der Waals surface area contributed by atoms with Gasteiger partial charge in [-0.15, -0.1) is 0 Å². The van der Waals surface area contributed by atoms with Crippen LogP contribution in [0.3, 0.4) is 0 Å². The maximum absolute atomic E-state index is 12.9. The summed E-state index contributed by atoms with van der Waals surface area (Å²) in [6.45, 7) is 1.49. The van der Waals surface area contributed by atoms with Gasteiger partial charge >= 0.3 is 0 Å². The number of likely N-dealkylation sites (tertiary alicyclic amines) is 1. The highest BCUT2D eigenvalue weighted by atomic mass is 32.1. The molecule has 0 unspecified atom stereocenters. The van der Waals surface area contributed by atoms with E-state index in [1.807, 2.05) is 41.3 Å². The molecule has 0 N–H and O–H groups in total. The number of para-hydroxylation sites is 1. The summed E-state index contributed by atoms with van der Waals surface area (Å²) in [5.41, 5.74) is 3.40. The van der Waals surface area contributed by atoms with Gasteiger partial charge in [0.25, 0.3) is 5.91 Å². The van der Waals surface area contributed by atoms with Crippen molar-refractivity contribution in [3.63, 3.8) is 0 Å². The zero-order chi connectivity index (χ0) is 17.2. The number of carbonyl (C=O) groups excluding carboxylic acids is 1. The Hall–Kier alpha value is -2.47. The molecular weight excluding hydrogens is 334 g/mol. The maximum Gasteiger partial charge on any atom is 0.256 e. The zero-order valence-electron chi connectivity index (χ0n) is 14.0. The fraction of sp³-hybridized carbons (Fsp3) is 0.316. The van der Waals surface area contributed by atoms with Crippen molar-refractivity contribution in [3.8, 4) is 5.75 Å². The summed E-state index contributed by atoms with van der Waals surface area (Å²) < 4.78 is 14.0. The Balaban J connectivity index is 1.50. The molecular formula is C19H19N3O2S. The van der Waals surface area contributed by atoms with Crippen LogP contribution in [0.4, 0.5) is 0 Å². The minimum absolute atomic E-state index is 0.0526. The number of ether oxygens (including phenoxy) is 1. The number of methoxy groups -OCH3 is 1. The first-order chi connectivity index (χ1) is 12.3. The number of rotatable bonds is 3. The molecule has 1 aliphatic heterocycles. The molecule has 3 aromatic rings. The maximum atomic E-state index is 12.9. The molecule has 1 fully saturated rings. The molecule has 1 aromatic heterocycles. The molecule has 1 aliphatic rings. The predicted molar refractivity (Wildman–Crippen MR) is 98.3 cm³/mol. The Labute approximate surface area is 150 Å². The molecule has 6 heteroatoms. The van der Waals surface area contributed by atoms with Gasteiger partial charge in [0.2, 0.25) is 0 Å². The van der Waals surface area contributed by atoms with E-state index >= 15 is 0 Å². The highest BCUT2D eigenvalue weighted by Gasteiger charge is 2.27. The number of hydrogen-bond acceptors (Lipinski definition) is 5. The van der Waals surface area contributed by atoms with Crippen LogP contribution in [0.15, 0.2) is 42.5 Å². The van der Waals surface area contributed by atoms with E-state index in [9.17, 15) is 4.79 Å². The van der Waals surface area contributed by atoms with Gasteiger partial charge < -0.3 is 9.64 Å². The minimum Gasteiger partial charge on any atom is -0.496 e. The van der Waals surface area contributed by atoms with Crippen LogP contribution in [0.25, 0.3) is 11.0 Å². The quantitative estimate of drug-likeness (QED) is 0.720. The van der Waals surface area contributed by atoms with E-state index < -0.39 is 0 Å². The second kappa shape index (κ2) is 6.80. The summed E-state index contributed by atoms with van der Waals surface area (Å²) in [4.78, 5) is 14.8. The molecule has 25 heavy (non-hydrogen) atoms. The average molecular weight is 353 g/mol. The fourth-order valence-corrected chi connectivity index (χ4v) is 4.10. The highest BCUT2D eigenvalue weighted by molar-refractivity contribution is 7.00. The summed E-state index contributed by atoms with van der Waals surface area (Å²) in [6.07, 6.45) is 1.88. The predicted octanol–water partition coefficient (Wildman–Crippen LogP) is 3.72. The van der Waals surface area contributed by atoms with Crippen molar-refractivity contribution in [1.29, 1.82) is 0 Å². The lowest BCUT2D eigenvalue weighted by Gasteiger charge is -2.32. The van der Waals surface area contributed by atoms with Crippen molar-refractivity contribution in [2.45, 2.75) is 18.8 Å². The van der Waals surface area contributed by atoms with Gasteiger partial charge in [0, 0.05) is 13.1 Å². The van der Waals surface area contributed by atoms with Crippen molar-refractivity contribution in [2.24, 2.45) is 0 Å². The van der Waals surface area contributed by atoms with Crippen molar-refractivity contribution < 1.29 is 9.53 Å². The number of hydrogen-bond donors (Lipinski definition) is 0. The lowest BCUT2D eigenvalue weighted by molar-refractivity contribution is 0.0714. The molecule has 0 radical (unpaired) electrons. The van der Waals surface area contributed by atoms with Crippen LogP contribution in [0.1, 0.15) is 34.7 Å². The molecule has 128 valence electrons. The third kappa shape index (κ3) is 2.98. The molecule has 2 aromatic carbocycles. The topological polar surface area (TPSA) is 55.3 Å². The Morgan fingerprint density at radius 3 is 2.72 bits per heavy atom. The standard InChI is InChI=1S/C19H19N3O2S/c1-24-17-8-3-2-5-14(17)13-9-11-22(12-10-13)19(23)15-6-4-7-16-18(15)21-25-20-16/h2-8,13H,9-12H2,1H3. The molecule has 5 nitrogen and oxygen atoms in total. The van der Waals surface area contributed by atoms with Gasteiger partial charge in [-0.25, -0.2) is 0 Å². The molecule has 1 amide bonds. The molecule has 0 aliphatic carbocycles. The van der Waals surface area contributed by atoms with Crippen molar-refractivity contribution >= 4 is 28.7 Å². The van der Waals surface area contributed by atoms with Crippen molar-refractivity contribution in [2.75, 3.05) is 20.2 Å². The van der Waals surface area contributed by atoms with Gasteiger partial charge in [0.1, 0.15) is 16.8 Å². The minimum atomic E-state index is 0.0526. The lowest BCUT2D eigenvalue weighted by atomic mass is 9.88. The first-order valence-electron chi connectivity index (χ1n) is 8.41. The monoisotopic (exact) mass is 353 g/mol. The Kier molecular flexibility index (Phi) is 4.36. The third-order valence-corrected chi connectivity index (χ3v) is 5.42. The van der Waals surface area contributed by atoms with Gasteiger partial charge in [-0.1, -0.05) is 24.3 Å².